The third kappa shape index (κ3) is 4.22. The number of benzene rings is 2. The van der Waals surface area contributed by atoms with E-state index in [4.69, 9.17) is 0 Å². The van der Waals surface area contributed by atoms with E-state index in [0.29, 0.717) is 0 Å². The molecule has 2 aromatic heterocycles. The summed E-state index contributed by atoms with van der Waals surface area (Å²) < 4.78 is 1.82. The summed E-state index contributed by atoms with van der Waals surface area (Å²) in [5.41, 5.74) is 5.40. The highest BCUT2D eigenvalue weighted by Gasteiger charge is 2.15. The van der Waals surface area contributed by atoms with E-state index in [2.05, 4.69) is 87.4 Å². The average Bonchev–Trinajstić information content (AvgIpc) is 3.25. The van der Waals surface area contributed by atoms with E-state index in [0.717, 1.165) is 65.2 Å². The van der Waals surface area contributed by atoms with Gasteiger partial charge < -0.3 is 15.1 Å². The van der Waals surface area contributed by atoms with Crippen LogP contribution in [0.5, 0.6) is 0 Å². The van der Waals surface area contributed by atoms with Gasteiger partial charge in [-0.1, -0.05) is 30.8 Å². The van der Waals surface area contributed by atoms with Crippen molar-refractivity contribution in [2.24, 2.45) is 7.05 Å². The maximum Gasteiger partial charge on any atom is 0.130 e. The minimum Gasteiger partial charge on any atom is -0.369 e. The van der Waals surface area contributed by atoms with Crippen LogP contribution in [0, 0.1) is 0 Å². The summed E-state index contributed by atoms with van der Waals surface area (Å²) in [4.78, 5) is 9.40. The molecule has 32 heavy (non-hydrogen) atoms. The Morgan fingerprint density at radius 3 is 2.53 bits per heavy atom. The highest BCUT2D eigenvalue weighted by Crippen LogP contribution is 2.27. The van der Waals surface area contributed by atoms with E-state index in [-0.39, 0.29) is 0 Å². The van der Waals surface area contributed by atoms with Crippen LogP contribution in [0.4, 0.5) is 11.5 Å². The van der Waals surface area contributed by atoms with E-state index >= 15 is 0 Å². The molecule has 0 radical (unpaired) electrons. The summed E-state index contributed by atoms with van der Waals surface area (Å²) in [5, 5.41) is 9.91. The van der Waals surface area contributed by atoms with Gasteiger partial charge in [-0.2, -0.15) is 5.10 Å². The first-order valence-corrected chi connectivity index (χ1v) is 10.9. The van der Waals surface area contributed by atoms with Crippen molar-refractivity contribution < 1.29 is 0 Å². The van der Waals surface area contributed by atoms with Gasteiger partial charge in [-0.05, 0) is 47.8 Å². The summed E-state index contributed by atoms with van der Waals surface area (Å²) in [6, 6.07) is 17.0. The number of fused-ring (bicyclic) bond motifs is 1. The van der Waals surface area contributed by atoms with Crippen molar-refractivity contribution in [1.29, 1.82) is 0 Å². The normalized spacial score (nSPS) is 14.6. The highest BCUT2D eigenvalue weighted by atomic mass is 15.2. The molecule has 5 rings (SSSR count). The predicted molar refractivity (Wildman–Crippen MR) is 133 cm³/mol. The van der Waals surface area contributed by atoms with Crippen LogP contribution in [0.3, 0.4) is 0 Å². The molecule has 0 amide bonds. The Hall–Kier alpha value is -3.64. The number of pyridine rings is 1. The maximum atomic E-state index is 4.60. The van der Waals surface area contributed by atoms with Crippen LogP contribution >= 0.6 is 0 Å². The molecule has 6 nitrogen and oxygen atoms in total. The lowest BCUT2D eigenvalue weighted by atomic mass is 10.0. The molecular weight excluding hydrogens is 396 g/mol. The third-order valence-corrected chi connectivity index (χ3v) is 6.10. The molecule has 6 heteroatoms. The molecule has 2 aromatic carbocycles. The van der Waals surface area contributed by atoms with E-state index in [1.54, 1.807) is 0 Å². The lowest BCUT2D eigenvalue weighted by Crippen LogP contribution is -2.44. The van der Waals surface area contributed by atoms with Gasteiger partial charge in [0.25, 0.3) is 0 Å². The molecule has 0 unspecified atom stereocenters. The molecule has 0 atom stereocenters. The number of likely N-dealkylation sites (N-methyl/N-ethyl adjacent to an activating group) is 1. The van der Waals surface area contributed by atoms with Gasteiger partial charge in [0.1, 0.15) is 5.82 Å². The number of aromatic nitrogens is 3. The SMILES string of the molecule is C=C(Nc1cc2cc(-c3cnn(C)c3)ccc2cn1)c1cccc(N2CCN(C)CC2)c1. The van der Waals surface area contributed by atoms with Gasteiger partial charge in [-0.3, -0.25) is 4.68 Å². The van der Waals surface area contributed by atoms with Gasteiger partial charge in [-0.25, -0.2) is 4.98 Å². The largest absolute Gasteiger partial charge is 0.369 e. The number of anilines is 2. The van der Waals surface area contributed by atoms with Gasteiger partial charge in [0.2, 0.25) is 0 Å². The Bertz CT molecular complexity index is 1270. The van der Waals surface area contributed by atoms with Crippen LogP contribution in [-0.4, -0.2) is 52.9 Å². The Balaban J connectivity index is 1.36. The molecule has 0 spiro atoms. The van der Waals surface area contributed by atoms with Gasteiger partial charge in [-0.15, -0.1) is 0 Å². The zero-order chi connectivity index (χ0) is 22.1. The number of hydrogen-bond donors (Lipinski definition) is 1. The quantitative estimate of drug-likeness (QED) is 0.512. The number of aryl methyl sites for hydroxylation is 1. The van der Waals surface area contributed by atoms with Crippen molar-refractivity contribution in [3.63, 3.8) is 0 Å². The average molecular weight is 425 g/mol. The fourth-order valence-corrected chi connectivity index (χ4v) is 4.14. The number of piperazine rings is 1. The summed E-state index contributed by atoms with van der Waals surface area (Å²) in [6.07, 6.45) is 5.81. The fraction of sp³-hybridized carbons (Fsp3) is 0.231. The van der Waals surface area contributed by atoms with Crippen molar-refractivity contribution in [3.8, 4) is 11.1 Å². The van der Waals surface area contributed by atoms with E-state index in [1.807, 2.05) is 30.3 Å². The molecule has 1 N–H and O–H groups in total. The molecule has 1 saturated heterocycles. The molecule has 3 heterocycles. The second-order valence-corrected chi connectivity index (χ2v) is 8.48. The van der Waals surface area contributed by atoms with Crippen molar-refractivity contribution in [3.05, 3.63) is 79.3 Å². The molecule has 162 valence electrons. The summed E-state index contributed by atoms with van der Waals surface area (Å²) >= 11 is 0. The maximum absolute atomic E-state index is 4.60. The first-order chi connectivity index (χ1) is 15.5. The minimum atomic E-state index is 0.788. The van der Waals surface area contributed by atoms with Gasteiger partial charge in [0, 0.05) is 68.0 Å². The number of nitrogens with one attached hydrogen (secondary N) is 1. The topological polar surface area (TPSA) is 49.2 Å². The summed E-state index contributed by atoms with van der Waals surface area (Å²) in [7, 11) is 4.11. The lowest BCUT2D eigenvalue weighted by molar-refractivity contribution is 0.313. The first-order valence-electron chi connectivity index (χ1n) is 10.9. The van der Waals surface area contributed by atoms with Crippen molar-refractivity contribution in [1.82, 2.24) is 19.7 Å². The zero-order valence-corrected chi connectivity index (χ0v) is 18.6. The lowest BCUT2D eigenvalue weighted by Gasteiger charge is -2.34. The van der Waals surface area contributed by atoms with Crippen LogP contribution in [0.25, 0.3) is 27.6 Å². The van der Waals surface area contributed by atoms with Crippen molar-refractivity contribution >= 4 is 28.0 Å². The molecule has 1 aliphatic heterocycles. The smallest absolute Gasteiger partial charge is 0.130 e. The number of hydrogen-bond acceptors (Lipinski definition) is 5. The number of nitrogens with zero attached hydrogens (tertiary/aromatic N) is 5. The van der Waals surface area contributed by atoms with E-state index in [9.17, 15) is 0 Å². The standard InChI is InChI=1S/C26H28N6/c1-19(20-5-4-6-25(14-20)32-11-9-30(2)10-12-32)29-26-15-23-13-21(7-8-22(23)16-27-26)24-17-28-31(3)18-24/h4-8,13-18H,1,9-12H2,2-3H3,(H,27,29). The second-order valence-electron chi connectivity index (χ2n) is 8.48. The Morgan fingerprint density at radius 1 is 0.906 bits per heavy atom. The molecule has 1 fully saturated rings. The van der Waals surface area contributed by atoms with Crippen molar-refractivity contribution in [2.75, 3.05) is 43.4 Å². The molecule has 0 bridgehead atoms. The summed E-state index contributed by atoms with van der Waals surface area (Å²) in [5.74, 6) is 0.788. The molecule has 1 aliphatic rings. The van der Waals surface area contributed by atoms with Crippen LogP contribution in [0.15, 0.2) is 73.7 Å². The Kier molecular flexibility index (Phi) is 5.37. The van der Waals surface area contributed by atoms with Crippen LogP contribution in [0.1, 0.15) is 5.56 Å². The highest BCUT2D eigenvalue weighted by molar-refractivity contribution is 5.89. The molecular formula is C26H28N6. The second kappa shape index (κ2) is 8.48. The van der Waals surface area contributed by atoms with E-state index in [1.165, 1.54) is 5.69 Å². The van der Waals surface area contributed by atoms with Crippen LogP contribution < -0.4 is 10.2 Å². The molecule has 0 aliphatic carbocycles. The zero-order valence-electron chi connectivity index (χ0n) is 18.6. The Morgan fingerprint density at radius 2 is 1.75 bits per heavy atom. The third-order valence-electron chi connectivity index (χ3n) is 6.10. The molecule has 4 aromatic rings. The van der Waals surface area contributed by atoms with Gasteiger partial charge >= 0.3 is 0 Å². The first kappa shape index (κ1) is 20.3. The van der Waals surface area contributed by atoms with Gasteiger partial charge in [0.15, 0.2) is 0 Å². The minimum absolute atomic E-state index is 0.788. The van der Waals surface area contributed by atoms with Crippen LogP contribution in [0.2, 0.25) is 0 Å². The fourth-order valence-electron chi connectivity index (χ4n) is 4.14. The molecule has 0 saturated carbocycles. The predicted octanol–water partition coefficient (Wildman–Crippen LogP) is 4.47. The van der Waals surface area contributed by atoms with Crippen LogP contribution in [-0.2, 0) is 7.05 Å². The monoisotopic (exact) mass is 424 g/mol. The van der Waals surface area contributed by atoms with E-state index < -0.39 is 0 Å². The van der Waals surface area contributed by atoms with Crippen molar-refractivity contribution in [2.45, 2.75) is 0 Å². The number of rotatable bonds is 5. The Labute approximate surface area is 188 Å². The van der Waals surface area contributed by atoms with Gasteiger partial charge in [0.05, 0.1) is 6.20 Å². The summed E-state index contributed by atoms with van der Waals surface area (Å²) in [6.45, 7) is 8.55.